The highest BCUT2D eigenvalue weighted by molar-refractivity contribution is 7.89. The topological polar surface area (TPSA) is 92.8 Å². The molecule has 2 aliphatic rings. The number of nitrogens with zero attached hydrogens (tertiary/aromatic N) is 1. The largest absolute Gasteiger partial charge is 0.449 e. The highest BCUT2D eigenvalue weighted by Crippen LogP contribution is 2.43. The average molecular weight is 400 g/mol. The summed E-state index contributed by atoms with van der Waals surface area (Å²) >= 11 is 0. The molecule has 2 heterocycles. The predicted molar refractivity (Wildman–Crippen MR) is 102 cm³/mol. The normalized spacial score (nSPS) is 22.0. The maximum Gasteiger partial charge on any atom is 0.339 e. The number of rotatable bonds is 3. The standard InChI is InChI=1S/C20H20N2O5S/c1-14(23)21-15-7-9-16(10-8-15)28(25,26)22-12-4-11-20(13-22)18-6-3-2-5-17(18)19(24)27-20/h2-3,5-10H,4,11-13H2,1H3,(H,21,23). The van der Waals surface area contributed by atoms with Crippen LogP contribution in [0.2, 0.25) is 0 Å². The minimum absolute atomic E-state index is 0.0888. The van der Waals surface area contributed by atoms with E-state index in [-0.39, 0.29) is 17.3 Å². The van der Waals surface area contributed by atoms with Gasteiger partial charge >= 0.3 is 5.97 Å². The van der Waals surface area contributed by atoms with Crippen LogP contribution in [0.1, 0.15) is 35.7 Å². The number of amides is 1. The number of carbonyl (C=O) groups is 2. The quantitative estimate of drug-likeness (QED) is 0.799. The Morgan fingerprint density at radius 2 is 1.86 bits per heavy atom. The summed E-state index contributed by atoms with van der Waals surface area (Å²) in [5.41, 5.74) is 0.845. The molecule has 0 bridgehead atoms. The minimum Gasteiger partial charge on any atom is -0.449 e. The molecule has 7 nitrogen and oxygen atoms in total. The molecular formula is C20H20N2O5S. The van der Waals surface area contributed by atoms with Crippen molar-refractivity contribution >= 4 is 27.6 Å². The molecule has 2 aromatic rings. The first-order valence-electron chi connectivity index (χ1n) is 9.02. The van der Waals surface area contributed by atoms with Gasteiger partial charge in [0.05, 0.1) is 17.0 Å². The Labute approximate surface area is 163 Å². The number of hydrogen-bond donors (Lipinski definition) is 1. The Kier molecular flexibility index (Phi) is 4.47. The number of ether oxygens (including phenoxy) is 1. The van der Waals surface area contributed by atoms with Gasteiger partial charge in [0, 0.05) is 24.7 Å². The number of fused-ring (bicyclic) bond motifs is 2. The van der Waals surface area contributed by atoms with E-state index in [4.69, 9.17) is 4.74 Å². The maximum absolute atomic E-state index is 13.2. The molecule has 1 amide bonds. The van der Waals surface area contributed by atoms with Crippen LogP contribution in [0, 0.1) is 0 Å². The third-order valence-corrected chi connectivity index (χ3v) is 7.02. The van der Waals surface area contributed by atoms with Crippen molar-refractivity contribution in [2.24, 2.45) is 0 Å². The summed E-state index contributed by atoms with van der Waals surface area (Å²) in [6, 6.07) is 13.2. The van der Waals surface area contributed by atoms with Gasteiger partial charge in [0.15, 0.2) is 5.60 Å². The number of carbonyl (C=O) groups excluding carboxylic acids is 2. The lowest BCUT2D eigenvalue weighted by Crippen LogP contribution is -2.48. The number of hydrogen-bond acceptors (Lipinski definition) is 5. The van der Waals surface area contributed by atoms with E-state index in [0.717, 1.165) is 5.56 Å². The number of esters is 1. The fraction of sp³-hybridized carbons (Fsp3) is 0.300. The molecule has 2 aromatic carbocycles. The molecule has 0 radical (unpaired) electrons. The van der Waals surface area contributed by atoms with Crippen molar-refractivity contribution in [3.05, 3.63) is 59.7 Å². The van der Waals surface area contributed by atoms with Gasteiger partial charge < -0.3 is 10.1 Å². The summed E-state index contributed by atoms with van der Waals surface area (Å²) in [5.74, 6) is -0.634. The van der Waals surface area contributed by atoms with Gasteiger partial charge in [0.1, 0.15) is 0 Å². The molecule has 4 rings (SSSR count). The molecule has 146 valence electrons. The van der Waals surface area contributed by atoms with Crippen molar-refractivity contribution in [3.8, 4) is 0 Å². The number of piperidine rings is 1. The molecule has 2 aliphatic heterocycles. The van der Waals surface area contributed by atoms with Gasteiger partial charge in [-0.1, -0.05) is 18.2 Å². The molecular weight excluding hydrogens is 380 g/mol. The Bertz CT molecular complexity index is 1050. The van der Waals surface area contributed by atoms with E-state index < -0.39 is 21.6 Å². The first-order valence-corrected chi connectivity index (χ1v) is 10.5. The lowest BCUT2D eigenvalue weighted by Gasteiger charge is -2.38. The van der Waals surface area contributed by atoms with Crippen molar-refractivity contribution in [2.45, 2.75) is 30.3 Å². The van der Waals surface area contributed by atoms with E-state index in [1.54, 1.807) is 24.3 Å². The van der Waals surface area contributed by atoms with Crippen molar-refractivity contribution in [1.82, 2.24) is 4.31 Å². The van der Waals surface area contributed by atoms with E-state index in [1.807, 2.05) is 12.1 Å². The highest BCUT2D eigenvalue weighted by Gasteiger charge is 2.50. The van der Waals surface area contributed by atoms with Crippen molar-refractivity contribution < 1.29 is 22.7 Å². The van der Waals surface area contributed by atoms with Crippen molar-refractivity contribution in [2.75, 3.05) is 18.4 Å². The Hall–Kier alpha value is -2.71. The van der Waals surface area contributed by atoms with Gasteiger partial charge in [-0.05, 0) is 43.2 Å². The SMILES string of the molecule is CC(=O)Nc1ccc(S(=O)(=O)N2CCCC3(C2)OC(=O)c2ccccc23)cc1. The zero-order valence-electron chi connectivity index (χ0n) is 15.3. The van der Waals surface area contributed by atoms with Crippen LogP contribution in [0.3, 0.4) is 0 Å². The lowest BCUT2D eigenvalue weighted by molar-refractivity contribution is -0.114. The van der Waals surface area contributed by atoms with Gasteiger partial charge in [0.2, 0.25) is 15.9 Å². The Morgan fingerprint density at radius 1 is 1.14 bits per heavy atom. The van der Waals surface area contributed by atoms with Crippen LogP contribution in [0.25, 0.3) is 0 Å². The molecule has 0 aromatic heterocycles. The van der Waals surface area contributed by atoms with Gasteiger partial charge in [-0.2, -0.15) is 4.31 Å². The molecule has 1 spiro atoms. The number of sulfonamides is 1. The molecule has 28 heavy (non-hydrogen) atoms. The third kappa shape index (κ3) is 3.08. The number of anilines is 1. The fourth-order valence-electron chi connectivity index (χ4n) is 3.90. The van der Waals surface area contributed by atoms with Crippen LogP contribution < -0.4 is 5.32 Å². The summed E-state index contributed by atoms with van der Waals surface area (Å²) in [5, 5.41) is 2.61. The van der Waals surface area contributed by atoms with Crippen LogP contribution in [0.4, 0.5) is 5.69 Å². The monoisotopic (exact) mass is 400 g/mol. The second-order valence-corrected chi connectivity index (χ2v) is 9.02. The van der Waals surface area contributed by atoms with Gasteiger partial charge in [0.25, 0.3) is 0 Å². The molecule has 1 fully saturated rings. The van der Waals surface area contributed by atoms with Gasteiger partial charge in [-0.15, -0.1) is 0 Å². The third-order valence-electron chi connectivity index (χ3n) is 5.16. The van der Waals surface area contributed by atoms with Crippen LogP contribution in [0.5, 0.6) is 0 Å². The molecule has 1 unspecified atom stereocenters. The van der Waals surface area contributed by atoms with Crippen molar-refractivity contribution in [3.63, 3.8) is 0 Å². The van der Waals surface area contributed by atoms with E-state index in [1.165, 1.54) is 23.4 Å². The van der Waals surface area contributed by atoms with Gasteiger partial charge in [-0.25, -0.2) is 13.2 Å². The molecule has 1 N–H and O–H groups in total. The predicted octanol–water partition coefficient (Wildman–Crippen LogP) is 2.50. The van der Waals surface area contributed by atoms with E-state index in [0.29, 0.717) is 30.6 Å². The second kappa shape index (κ2) is 6.72. The maximum atomic E-state index is 13.2. The molecule has 8 heteroatoms. The zero-order chi connectivity index (χ0) is 19.9. The first-order chi connectivity index (χ1) is 13.3. The van der Waals surface area contributed by atoms with E-state index in [2.05, 4.69) is 5.32 Å². The molecule has 1 atom stereocenters. The van der Waals surface area contributed by atoms with Crippen LogP contribution >= 0.6 is 0 Å². The summed E-state index contributed by atoms with van der Waals surface area (Å²) in [4.78, 5) is 23.5. The summed E-state index contributed by atoms with van der Waals surface area (Å²) < 4.78 is 33.4. The Morgan fingerprint density at radius 3 is 2.57 bits per heavy atom. The summed E-state index contributed by atoms with van der Waals surface area (Å²) in [6.07, 6.45) is 1.17. The van der Waals surface area contributed by atoms with Crippen LogP contribution in [-0.2, 0) is 25.2 Å². The molecule has 0 saturated carbocycles. The average Bonchev–Trinajstić information content (AvgIpc) is 2.93. The highest BCUT2D eigenvalue weighted by atomic mass is 32.2. The minimum atomic E-state index is -3.76. The van der Waals surface area contributed by atoms with Crippen molar-refractivity contribution in [1.29, 1.82) is 0 Å². The first kappa shape index (κ1) is 18.6. The zero-order valence-corrected chi connectivity index (χ0v) is 16.2. The number of nitrogens with one attached hydrogen (secondary N) is 1. The van der Waals surface area contributed by atoms with Crippen LogP contribution in [0.15, 0.2) is 53.4 Å². The Balaban J connectivity index is 1.63. The lowest BCUT2D eigenvalue weighted by atomic mass is 9.86. The second-order valence-electron chi connectivity index (χ2n) is 7.08. The molecule has 0 aliphatic carbocycles. The van der Waals surface area contributed by atoms with Crippen LogP contribution in [-0.4, -0.2) is 37.7 Å². The number of benzene rings is 2. The molecule has 1 saturated heterocycles. The summed E-state index contributed by atoms with van der Waals surface area (Å²) in [6.45, 7) is 1.83. The van der Waals surface area contributed by atoms with Gasteiger partial charge in [-0.3, -0.25) is 4.79 Å². The van der Waals surface area contributed by atoms with E-state index >= 15 is 0 Å². The smallest absolute Gasteiger partial charge is 0.339 e. The summed E-state index contributed by atoms with van der Waals surface area (Å²) in [7, 11) is -3.76. The van der Waals surface area contributed by atoms with E-state index in [9.17, 15) is 18.0 Å². The fourth-order valence-corrected chi connectivity index (χ4v) is 5.43.